The lowest BCUT2D eigenvalue weighted by Gasteiger charge is -2.32. The molecule has 0 saturated heterocycles. The summed E-state index contributed by atoms with van der Waals surface area (Å²) in [5, 5.41) is 13.4. The summed E-state index contributed by atoms with van der Waals surface area (Å²) in [6, 6.07) is 6.46. The molecule has 0 saturated carbocycles. The van der Waals surface area contributed by atoms with Gasteiger partial charge >= 0.3 is 0 Å². The van der Waals surface area contributed by atoms with Gasteiger partial charge in [-0.3, -0.25) is 0 Å². The first kappa shape index (κ1) is 11.5. The van der Waals surface area contributed by atoms with Crippen LogP contribution in [0.4, 0.5) is 0 Å². The highest BCUT2D eigenvalue weighted by atomic mass is 16.3. The first-order chi connectivity index (χ1) is 7.74. The lowest BCUT2D eigenvalue weighted by Crippen LogP contribution is -2.37. The lowest BCUT2D eigenvalue weighted by molar-refractivity contribution is 0.392. The number of hydrogen-bond acceptors (Lipinski definition) is 2. The van der Waals surface area contributed by atoms with E-state index in [1.165, 1.54) is 12.0 Å². The number of nitrogens with one attached hydrogen (secondary N) is 1. The lowest BCUT2D eigenvalue weighted by atomic mass is 9.80. The summed E-state index contributed by atoms with van der Waals surface area (Å²) in [5.41, 5.74) is 2.48. The molecule has 0 bridgehead atoms. The Balaban J connectivity index is 2.18. The van der Waals surface area contributed by atoms with Gasteiger partial charge in [0.05, 0.1) is 0 Å². The predicted octanol–water partition coefficient (Wildman–Crippen LogP) is 2.81. The van der Waals surface area contributed by atoms with E-state index in [-0.39, 0.29) is 0 Å². The van der Waals surface area contributed by atoms with Crippen molar-refractivity contribution in [3.63, 3.8) is 0 Å². The molecule has 0 aromatic heterocycles. The monoisotopic (exact) mass is 219 g/mol. The van der Waals surface area contributed by atoms with Crippen LogP contribution in [-0.2, 0) is 6.42 Å². The number of aromatic hydroxyl groups is 1. The molecule has 1 aromatic carbocycles. The van der Waals surface area contributed by atoms with Crippen LogP contribution in [0.1, 0.15) is 43.7 Å². The number of benzene rings is 1. The predicted molar refractivity (Wildman–Crippen MR) is 66.9 cm³/mol. The zero-order chi connectivity index (χ0) is 11.5. The molecule has 2 rings (SSSR count). The molecule has 0 aliphatic heterocycles. The third-order valence-corrected chi connectivity index (χ3v) is 3.64. The molecular formula is C14H21NO. The maximum Gasteiger partial charge on any atom is 0.119 e. The molecule has 1 aromatic rings. The molecule has 1 aliphatic rings. The normalized spacial score (nSPS) is 24.1. The number of phenols is 1. The van der Waals surface area contributed by atoms with Gasteiger partial charge in [0.1, 0.15) is 5.75 Å². The minimum atomic E-state index is 0.471. The summed E-state index contributed by atoms with van der Waals surface area (Å²) in [5.74, 6) is 0.973. The average Bonchev–Trinajstić information content (AvgIpc) is 2.29. The van der Waals surface area contributed by atoms with Gasteiger partial charge in [0, 0.05) is 6.04 Å². The van der Waals surface area contributed by atoms with Crippen molar-refractivity contribution >= 4 is 0 Å². The molecule has 0 amide bonds. The fourth-order valence-electron chi connectivity index (χ4n) is 2.67. The highest BCUT2D eigenvalue weighted by molar-refractivity contribution is 5.43. The Hall–Kier alpha value is -1.02. The highest BCUT2D eigenvalue weighted by Crippen LogP contribution is 2.35. The van der Waals surface area contributed by atoms with Crippen LogP contribution in [0.3, 0.4) is 0 Å². The second-order valence-corrected chi connectivity index (χ2v) is 4.73. The van der Waals surface area contributed by atoms with E-state index in [4.69, 9.17) is 0 Å². The Labute approximate surface area is 97.7 Å². The fraction of sp³-hybridized carbons (Fsp3) is 0.571. The van der Waals surface area contributed by atoms with Gasteiger partial charge in [-0.05, 0) is 48.9 Å². The zero-order valence-corrected chi connectivity index (χ0v) is 10.2. The van der Waals surface area contributed by atoms with Crippen molar-refractivity contribution in [2.45, 2.75) is 45.1 Å². The van der Waals surface area contributed by atoms with Gasteiger partial charge in [-0.1, -0.05) is 26.0 Å². The largest absolute Gasteiger partial charge is 0.508 e. The third-order valence-electron chi connectivity index (χ3n) is 3.64. The van der Waals surface area contributed by atoms with Gasteiger partial charge in [-0.25, -0.2) is 0 Å². The molecule has 2 heteroatoms. The van der Waals surface area contributed by atoms with E-state index in [9.17, 15) is 5.11 Å². The summed E-state index contributed by atoms with van der Waals surface area (Å²) in [4.78, 5) is 0. The molecule has 2 atom stereocenters. The molecule has 2 N–H and O–H groups in total. The van der Waals surface area contributed by atoms with E-state index in [1.54, 1.807) is 6.07 Å². The number of fused-ring (bicyclic) bond motifs is 1. The SMILES string of the molecule is CCCN[C@@H]1CCc2c(O)cccc2[C@@H]1C. The molecule has 88 valence electrons. The highest BCUT2D eigenvalue weighted by Gasteiger charge is 2.26. The Morgan fingerprint density at radius 2 is 2.25 bits per heavy atom. The topological polar surface area (TPSA) is 32.3 Å². The van der Waals surface area contributed by atoms with Crippen LogP contribution in [0.15, 0.2) is 18.2 Å². The molecule has 2 nitrogen and oxygen atoms in total. The summed E-state index contributed by atoms with van der Waals surface area (Å²) in [6.45, 7) is 5.54. The van der Waals surface area contributed by atoms with E-state index in [1.807, 2.05) is 6.07 Å². The van der Waals surface area contributed by atoms with Gasteiger partial charge in [0.2, 0.25) is 0 Å². The zero-order valence-electron chi connectivity index (χ0n) is 10.2. The van der Waals surface area contributed by atoms with Gasteiger partial charge < -0.3 is 10.4 Å². The van der Waals surface area contributed by atoms with E-state index in [0.717, 1.165) is 24.9 Å². The number of rotatable bonds is 3. The van der Waals surface area contributed by atoms with Crippen molar-refractivity contribution in [1.29, 1.82) is 0 Å². The molecule has 16 heavy (non-hydrogen) atoms. The number of hydrogen-bond donors (Lipinski definition) is 2. The van der Waals surface area contributed by atoms with Gasteiger partial charge in [-0.15, -0.1) is 0 Å². The van der Waals surface area contributed by atoms with Gasteiger partial charge in [0.25, 0.3) is 0 Å². The van der Waals surface area contributed by atoms with Crippen molar-refractivity contribution < 1.29 is 5.11 Å². The van der Waals surface area contributed by atoms with Crippen molar-refractivity contribution in [3.8, 4) is 5.75 Å². The Kier molecular flexibility index (Phi) is 3.49. The van der Waals surface area contributed by atoms with Gasteiger partial charge in [0.15, 0.2) is 0 Å². The minimum absolute atomic E-state index is 0.471. The Bertz CT molecular complexity index is 362. The van der Waals surface area contributed by atoms with Crippen molar-refractivity contribution in [2.24, 2.45) is 0 Å². The van der Waals surface area contributed by atoms with Gasteiger partial charge in [-0.2, -0.15) is 0 Å². The quantitative estimate of drug-likeness (QED) is 0.819. The smallest absolute Gasteiger partial charge is 0.119 e. The first-order valence-corrected chi connectivity index (χ1v) is 6.28. The van der Waals surface area contributed by atoms with Crippen LogP contribution < -0.4 is 5.32 Å². The van der Waals surface area contributed by atoms with E-state index in [2.05, 4.69) is 25.2 Å². The van der Waals surface area contributed by atoms with Crippen molar-refractivity contribution in [2.75, 3.05) is 6.54 Å². The summed E-state index contributed by atoms with van der Waals surface area (Å²) >= 11 is 0. The summed E-state index contributed by atoms with van der Waals surface area (Å²) in [6.07, 6.45) is 3.30. The summed E-state index contributed by atoms with van der Waals surface area (Å²) in [7, 11) is 0. The molecule has 1 aliphatic carbocycles. The van der Waals surface area contributed by atoms with Crippen LogP contribution in [0.2, 0.25) is 0 Å². The average molecular weight is 219 g/mol. The molecule has 0 spiro atoms. The molecule has 0 heterocycles. The van der Waals surface area contributed by atoms with Crippen LogP contribution in [-0.4, -0.2) is 17.7 Å². The standard InChI is InChI=1S/C14H21NO/c1-3-9-15-13-8-7-12-11(10(13)2)5-4-6-14(12)16/h4-6,10,13,15-16H,3,7-9H2,1-2H3/t10-,13+/m0/s1. The first-order valence-electron chi connectivity index (χ1n) is 6.28. The fourth-order valence-corrected chi connectivity index (χ4v) is 2.67. The molecule has 0 radical (unpaired) electrons. The van der Waals surface area contributed by atoms with E-state index >= 15 is 0 Å². The molecular weight excluding hydrogens is 198 g/mol. The van der Waals surface area contributed by atoms with Crippen LogP contribution >= 0.6 is 0 Å². The second kappa shape index (κ2) is 4.88. The van der Waals surface area contributed by atoms with Crippen LogP contribution in [0.25, 0.3) is 0 Å². The third kappa shape index (κ3) is 2.07. The molecule has 0 fully saturated rings. The number of phenolic OH excluding ortho intramolecular Hbond substituents is 1. The maximum atomic E-state index is 9.82. The van der Waals surface area contributed by atoms with E-state index < -0.39 is 0 Å². The van der Waals surface area contributed by atoms with Crippen molar-refractivity contribution in [3.05, 3.63) is 29.3 Å². The minimum Gasteiger partial charge on any atom is -0.508 e. The van der Waals surface area contributed by atoms with Crippen LogP contribution in [0.5, 0.6) is 5.75 Å². The van der Waals surface area contributed by atoms with E-state index in [0.29, 0.717) is 17.7 Å². The molecule has 0 unspecified atom stereocenters. The second-order valence-electron chi connectivity index (χ2n) is 4.73. The Morgan fingerprint density at radius 1 is 1.44 bits per heavy atom. The Morgan fingerprint density at radius 3 is 3.00 bits per heavy atom. The van der Waals surface area contributed by atoms with Crippen LogP contribution in [0, 0.1) is 0 Å². The summed E-state index contributed by atoms with van der Waals surface area (Å²) < 4.78 is 0. The van der Waals surface area contributed by atoms with Crippen molar-refractivity contribution in [1.82, 2.24) is 5.32 Å². The maximum absolute atomic E-state index is 9.82.